The molecule has 160 valence electrons. The number of nitrogens with zero attached hydrogens (tertiary/aromatic N) is 3. The minimum absolute atomic E-state index is 0.0837. The molecule has 4 rings (SSSR count). The lowest BCUT2D eigenvalue weighted by molar-refractivity contribution is -0.125. The van der Waals surface area contributed by atoms with E-state index in [0.717, 1.165) is 0 Å². The van der Waals surface area contributed by atoms with Gasteiger partial charge in [0.2, 0.25) is 5.91 Å². The largest absolute Gasteiger partial charge is 0.374 e. The molecule has 0 aliphatic carbocycles. The van der Waals surface area contributed by atoms with E-state index >= 15 is 4.39 Å². The van der Waals surface area contributed by atoms with Gasteiger partial charge in [0.05, 0.1) is 32.8 Å². The summed E-state index contributed by atoms with van der Waals surface area (Å²) in [4.78, 5) is 30.6. The second kappa shape index (κ2) is 7.98. The van der Waals surface area contributed by atoms with Crippen LogP contribution in [0.1, 0.15) is 12.0 Å². The first-order valence-electron chi connectivity index (χ1n) is 9.54. The average Bonchev–Trinajstić information content (AvgIpc) is 3.18. The lowest BCUT2D eigenvalue weighted by Gasteiger charge is -2.33. The highest BCUT2D eigenvalue weighted by Gasteiger charge is 2.44. The molecule has 1 saturated heterocycles. The predicted molar refractivity (Wildman–Crippen MR) is 120 cm³/mol. The highest BCUT2D eigenvalue weighted by atomic mass is 35.5. The van der Waals surface area contributed by atoms with Crippen molar-refractivity contribution >= 4 is 45.7 Å². The zero-order chi connectivity index (χ0) is 22.3. The zero-order valence-electron chi connectivity index (χ0n) is 16.7. The molecule has 0 radical (unpaired) electrons. The van der Waals surface area contributed by atoms with Gasteiger partial charge in [-0.25, -0.2) is 9.37 Å². The van der Waals surface area contributed by atoms with Crippen molar-refractivity contribution in [1.82, 2.24) is 14.5 Å². The normalized spacial score (nSPS) is 18.4. The summed E-state index contributed by atoms with van der Waals surface area (Å²) in [7, 11) is 1.62. The molecule has 1 aliphatic heterocycles. The van der Waals surface area contributed by atoms with Crippen LogP contribution in [0.3, 0.4) is 0 Å². The second-order valence-corrected chi connectivity index (χ2v) is 8.32. The molecular formula is C22H19Cl2FN4O2. The van der Waals surface area contributed by atoms with Gasteiger partial charge < -0.3 is 14.8 Å². The Kier molecular flexibility index (Phi) is 5.49. The minimum Gasteiger partial charge on any atom is -0.374 e. The summed E-state index contributed by atoms with van der Waals surface area (Å²) < 4.78 is 16.4. The van der Waals surface area contributed by atoms with E-state index < -0.39 is 11.4 Å². The van der Waals surface area contributed by atoms with Gasteiger partial charge in [0, 0.05) is 31.4 Å². The molecule has 2 heterocycles. The number of nitrogens with one attached hydrogen (secondary N) is 1. The summed E-state index contributed by atoms with van der Waals surface area (Å²) in [6, 6.07) is 7.78. The maximum absolute atomic E-state index is 15.0. The molecule has 9 heteroatoms. The molecule has 1 N–H and O–H groups in total. The van der Waals surface area contributed by atoms with Gasteiger partial charge in [0.25, 0.3) is 5.56 Å². The smallest absolute Gasteiger partial charge is 0.260 e. The van der Waals surface area contributed by atoms with Crippen LogP contribution in [-0.2, 0) is 17.4 Å². The van der Waals surface area contributed by atoms with Crippen molar-refractivity contribution in [2.75, 3.05) is 18.4 Å². The summed E-state index contributed by atoms with van der Waals surface area (Å²) in [6.07, 6.45) is 3.06. The molecule has 1 amide bonds. The van der Waals surface area contributed by atoms with Crippen molar-refractivity contribution in [3.8, 4) is 0 Å². The third kappa shape index (κ3) is 3.68. The number of rotatable bonds is 4. The predicted octanol–water partition coefficient (Wildman–Crippen LogP) is 4.11. The van der Waals surface area contributed by atoms with Crippen molar-refractivity contribution < 1.29 is 9.18 Å². The molecule has 0 unspecified atom stereocenters. The number of carbonyl (C=O) groups excluding carboxylic acids is 1. The van der Waals surface area contributed by atoms with Crippen LogP contribution in [0, 0.1) is 5.82 Å². The minimum atomic E-state index is -1.05. The van der Waals surface area contributed by atoms with Crippen LogP contribution < -0.4 is 10.9 Å². The van der Waals surface area contributed by atoms with E-state index in [1.54, 1.807) is 30.1 Å². The van der Waals surface area contributed by atoms with E-state index in [1.165, 1.54) is 29.1 Å². The lowest BCUT2D eigenvalue weighted by Crippen LogP contribution is -2.41. The van der Waals surface area contributed by atoms with Crippen molar-refractivity contribution in [3.63, 3.8) is 0 Å². The van der Waals surface area contributed by atoms with Gasteiger partial charge in [-0.1, -0.05) is 29.8 Å². The first-order valence-corrected chi connectivity index (χ1v) is 10.3. The van der Waals surface area contributed by atoms with Crippen LogP contribution in [0.15, 0.2) is 54.1 Å². The van der Waals surface area contributed by atoms with Crippen LogP contribution in [0.25, 0.3) is 10.9 Å². The molecule has 1 atom stereocenters. The Bertz CT molecular complexity index is 1280. The van der Waals surface area contributed by atoms with Crippen molar-refractivity contribution in [3.05, 3.63) is 81.1 Å². The van der Waals surface area contributed by atoms with Gasteiger partial charge in [-0.3, -0.25) is 9.59 Å². The summed E-state index contributed by atoms with van der Waals surface area (Å²) in [5.41, 5.74) is 0.0431. The van der Waals surface area contributed by atoms with Crippen LogP contribution >= 0.6 is 23.2 Å². The fraction of sp³-hybridized carbons (Fsp3) is 0.227. The molecule has 1 aliphatic rings. The van der Waals surface area contributed by atoms with E-state index in [0.29, 0.717) is 29.6 Å². The molecule has 3 aromatic rings. The maximum atomic E-state index is 15.0. The molecule has 0 saturated carbocycles. The highest BCUT2D eigenvalue weighted by molar-refractivity contribution is 6.42. The number of halogens is 3. The standard InChI is InChI=1S/C22H19Cl2FN4O2/c1-3-18(30)29-9-8-22(11-29,19-16(25)6-5-15(23)20(19)24)27-13-4-7-17-14(10-13)21(31)28(2)12-26-17/h3-7,10,12,27H,1,8-9,11H2,2H3/t22-/m1/s1. The number of hydrogen-bond acceptors (Lipinski definition) is 4. The van der Waals surface area contributed by atoms with E-state index in [-0.39, 0.29) is 33.6 Å². The summed E-state index contributed by atoms with van der Waals surface area (Å²) in [5.74, 6) is -0.799. The maximum Gasteiger partial charge on any atom is 0.260 e. The van der Waals surface area contributed by atoms with E-state index in [1.807, 2.05) is 0 Å². The first-order chi connectivity index (χ1) is 14.8. The van der Waals surface area contributed by atoms with E-state index in [2.05, 4.69) is 16.9 Å². The Hall–Kier alpha value is -2.90. The number of fused-ring (bicyclic) bond motifs is 1. The monoisotopic (exact) mass is 460 g/mol. The van der Waals surface area contributed by atoms with Crippen LogP contribution in [0.2, 0.25) is 10.0 Å². The number of aryl methyl sites for hydroxylation is 1. The number of carbonyl (C=O) groups is 1. The molecule has 6 nitrogen and oxygen atoms in total. The molecule has 1 aromatic heterocycles. The lowest BCUT2D eigenvalue weighted by atomic mass is 9.87. The van der Waals surface area contributed by atoms with Gasteiger partial charge in [-0.2, -0.15) is 0 Å². The van der Waals surface area contributed by atoms with Gasteiger partial charge in [-0.05, 0) is 42.8 Å². The Morgan fingerprint density at radius 2 is 2.10 bits per heavy atom. The fourth-order valence-corrected chi connectivity index (χ4v) is 4.52. The van der Waals surface area contributed by atoms with Crippen LogP contribution in [-0.4, -0.2) is 33.4 Å². The summed E-state index contributed by atoms with van der Waals surface area (Å²) in [5, 5.41) is 4.05. The molecular weight excluding hydrogens is 442 g/mol. The third-order valence-corrected chi connectivity index (χ3v) is 6.38. The van der Waals surface area contributed by atoms with Gasteiger partial charge >= 0.3 is 0 Å². The SMILES string of the molecule is C=CC(=O)N1CC[C@](Nc2ccc3ncn(C)c(=O)c3c2)(c2c(F)ccc(Cl)c2Cl)C1. The highest BCUT2D eigenvalue weighted by Crippen LogP contribution is 2.43. The average molecular weight is 461 g/mol. The molecule has 31 heavy (non-hydrogen) atoms. The number of likely N-dealkylation sites (tertiary alicyclic amines) is 1. The van der Waals surface area contributed by atoms with Crippen LogP contribution in [0.5, 0.6) is 0 Å². The van der Waals surface area contributed by atoms with Crippen molar-refractivity contribution in [2.45, 2.75) is 12.0 Å². The second-order valence-electron chi connectivity index (χ2n) is 7.53. The summed E-state index contributed by atoms with van der Waals surface area (Å²) >= 11 is 12.6. The first kappa shape index (κ1) is 21.3. The molecule has 2 aromatic carbocycles. The third-order valence-electron chi connectivity index (χ3n) is 5.58. The Balaban J connectivity index is 1.85. The number of anilines is 1. The topological polar surface area (TPSA) is 67.2 Å². The van der Waals surface area contributed by atoms with Gasteiger partial charge in [0.15, 0.2) is 0 Å². The number of benzene rings is 2. The van der Waals surface area contributed by atoms with Gasteiger partial charge in [0.1, 0.15) is 5.82 Å². The number of aromatic nitrogens is 2. The van der Waals surface area contributed by atoms with Crippen LogP contribution in [0.4, 0.5) is 10.1 Å². The Labute approximate surface area is 187 Å². The quantitative estimate of drug-likeness (QED) is 0.469. The van der Waals surface area contributed by atoms with E-state index in [4.69, 9.17) is 23.2 Å². The van der Waals surface area contributed by atoms with Gasteiger partial charge in [-0.15, -0.1) is 0 Å². The molecule has 1 fully saturated rings. The van der Waals surface area contributed by atoms with Crippen molar-refractivity contribution in [1.29, 1.82) is 0 Å². The van der Waals surface area contributed by atoms with Crippen molar-refractivity contribution in [2.24, 2.45) is 7.05 Å². The summed E-state index contributed by atoms with van der Waals surface area (Å²) in [6.45, 7) is 4.06. The Morgan fingerprint density at radius 1 is 1.32 bits per heavy atom. The number of amides is 1. The fourth-order valence-electron chi connectivity index (χ4n) is 4.03. The van der Waals surface area contributed by atoms with E-state index in [9.17, 15) is 9.59 Å². The molecule has 0 spiro atoms. The number of hydrogen-bond donors (Lipinski definition) is 1. The Morgan fingerprint density at radius 3 is 2.84 bits per heavy atom. The zero-order valence-corrected chi connectivity index (χ0v) is 18.2. The molecule has 0 bridgehead atoms.